The Balaban J connectivity index is 1.44. The zero-order valence-corrected chi connectivity index (χ0v) is 15.5. The molecule has 2 heterocycles. The van der Waals surface area contributed by atoms with E-state index in [1.54, 1.807) is 42.6 Å². The lowest BCUT2D eigenvalue weighted by Gasteiger charge is -2.17. The Bertz CT molecular complexity index is 843. The summed E-state index contributed by atoms with van der Waals surface area (Å²) in [6.45, 7) is -0.0133. The number of fused-ring (bicyclic) bond motifs is 1. The maximum absolute atomic E-state index is 12.2. The number of nitrogens with zero attached hydrogens (tertiary/aromatic N) is 2. The molecule has 2 aromatic rings. The zero-order valence-electron chi connectivity index (χ0n) is 14.7. The van der Waals surface area contributed by atoms with Crippen molar-refractivity contribution in [1.82, 2.24) is 9.80 Å². The molecule has 0 aliphatic carbocycles. The molecule has 0 saturated carbocycles. The van der Waals surface area contributed by atoms with Gasteiger partial charge in [0.15, 0.2) is 6.61 Å². The first-order valence-electron chi connectivity index (χ1n) is 8.33. The van der Waals surface area contributed by atoms with Gasteiger partial charge in [-0.2, -0.15) is 11.3 Å². The average molecular weight is 386 g/mol. The Morgan fingerprint density at radius 2 is 1.78 bits per heavy atom. The van der Waals surface area contributed by atoms with Crippen molar-refractivity contribution >= 4 is 35.0 Å². The predicted octanol–water partition coefficient (Wildman–Crippen LogP) is 1.94. The van der Waals surface area contributed by atoms with Gasteiger partial charge < -0.3 is 9.64 Å². The minimum absolute atomic E-state index is 0.0793. The number of thiophene rings is 1. The molecule has 7 nitrogen and oxygen atoms in total. The molecule has 1 aliphatic rings. The fraction of sp³-hybridized carbons (Fsp3) is 0.263. The second kappa shape index (κ2) is 8.13. The molecular formula is C19H18N2O5S. The maximum Gasteiger partial charge on any atom is 0.308 e. The molecular weight excluding hydrogens is 368 g/mol. The van der Waals surface area contributed by atoms with Crippen molar-refractivity contribution in [2.45, 2.75) is 13.0 Å². The van der Waals surface area contributed by atoms with Crippen LogP contribution in [0.15, 0.2) is 41.1 Å². The zero-order chi connectivity index (χ0) is 19.4. The summed E-state index contributed by atoms with van der Waals surface area (Å²) in [5, 5.41) is 3.87. The van der Waals surface area contributed by atoms with Crippen LogP contribution in [0, 0.1) is 0 Å². The van der Waals surface area contributed by atoms with E-state index < -0.39 is 17.8 Å². The third-order valence-corrected chi connectivity index (χ3v) is 4.93. The predicted molar refractivity (Wildman–Crippen MR) is 98.2 cm³/mol. The van der Waals surface area contributed by atoms with Crippen LogP contribution >= 0.6 is 11.3 Å². The first kappa shape index (κ1) is 18.8. The van der Waals surface area contributed by atoms with E-state index >= 15 is 0 Å². The number of amides is 3. The van der Waals surface area contributed by atoms with Crippen LogP contribution in [0.1, 0.15) is 32.7 Å². The number of hydrogen-bond donors (Lipinski definition) is 0. The smallest absolute Gasteiger partial charge is 0.308 e. The van der Waals surface area contributed by atoms with Crippen LogP contribution in [-0.4, -0.2) is 53.7 Å². The second-order valence-electron chi connectivity index (χ2n) is 6.10. The number of esters is 1. The van der Waals surface area contributed by atoms with E-state index in [1.165, 1.54) is 4.90 Å². The fourth-order valence-corrected chi connectivity index (χ4v) is 3.37. The number of rotatable bonds is 7. The van der Waals surface area contributed by atoms with Gasteiger partial charge in [0, 0.05) is 20.1 Å². The number of ether oxygens (including phenoxy) is 1. The van der Waals surface area contributed by atoms with Crippen LogP contribution in [0.4, 0.5) is 0 Å². The molecule has 0 bridgehead atoms. The summed E-state index contributed by atoms with van der Waals surface area (Å²) in [7, 11) is 1.63. The maximum atomic E-state index is 12.2. The highest BCUT2D eigenvalue weighted by Crippen LogP contribution is 2.22. The van der Waals surface area contributed by atoms with Crippen molar-refractivity contribution in [2.24, 2.45) is 0 Å². The van der Waals surface area contributed by atoms with Gasteiger partial charge in [-0.3, -0.25) is 24.1 Å². The fourth-order valence-electron chi connectivity index (χ4n) is 2.71. The summed E-state index contributed by atoms with van der Waals surface area (Å²) in [5.74, 6) is -1.80. The van der Waals surface area contributed by atoms with Gasteiger partial charge in [0.25, 0.3) is 17.7 Å². The molecule has 1 aromatic carbocycles. The molecule has 0 atom stereocenters. The van der Waals surface area contributed by atoms with Gasteiger partial charge in [-0.1, -0.05) is 12.1 Å². The highest BCUT2D eigenvalue weighted by molar-refractivity contribution is 7.07. The molecule has 1 aromatic heterocycles. The van der Waals surface area contributed by atoms with Crippen LogP contribution in [0.2, 0.25) is 0 Å². The molecule has 0 saturated heterocycles. The monoisotopic (exact) mass is 386 g/mol. The first-order valence-corrected chi connectivity index (χ1v) is 9.27. The van der Waals surface area contributed by atoms with Crippen molar-refractivity contribution < 1.29 is 23.9 Å². The number of carbonyl (C=O) groups is 4. The topological polar surface area (TPSA) is 84.0 Å². The standard InChI is InChI=1S/C19H18N2O5S/c1-20(10-13-7-9-27-12-13)16(22)11-26-17(23)6-8-21-18(24)14-4-2-3-5-15(14)19(21)25/h2-5,7,9,12H,6,8,10-11H2,1H3. The van der Waals surface area contributed by atoms with E-state index in [2.05, 4.69) is 0 Å². The van der Waals surface area contributed by atoms with Gasteiger partial charge in [-0.05, 0) is 34.5 Å². The van der Waals surface area contributed by atoms with Crippen LogP contribution in [0.5, 0.6) is 0 Å². The molecule has 1 aliphatic heterocycles. The average Bonchev–Trinajstić information content (AvgIpc) is 3.26. The van der Waals surface area contributed by atoms with Crippen molar-refractivity contribution in [3.05, 3.63) is 57.8 Å². The highest BCUT2D eigenvalue weighted by Gasteiger charge is 2.35. The quantitative estimate of drug-likeness (QED) is 0.536. The van der Waals surface area contributed by atoms with Crippen molar-refractivity contribution in [1.29, 1.82) is 0 Å². The molecule has 8 heteroatoms. The van der Waals surface area contributed by atoms with Gasteiger partial charge in [-0.15, -0.1) is 0 Å². The van der Waals surface area contributed by atoms with Crippen molar-refractivity contribution in [2.75, 3.05) is 20.2 Å². The summed E-state index contributed by atoms with van der Waals surface area (Å²) in [5.41, 5.74) is 1.68. The SMILES string of the molecule is CN(Cc1ccsc1)C(=O)COC(=O)CCN1C(=O)c2ccccc2C1=O. The van der Waals surface area contributed by atoms with Crippen molar-refractivity contribution in [3.63, 3.8) is 0 Å². The third kappa shape index (κ3) is 4.22. The third-order valence-electron chi connectivity index (χ3n) is 4.20. The molecule has 0 unspecified atom stereocenters. The molecule has 0 radical (unpaired) electrons. The van der Waals surface area contributed by atoms with E-state index in [1.807, 2.05) is 16.8 Å². The minimum Gasteiger partial charge on any atom is -0.456 e. The number of benzene rings is 1. The van der Waals surface area contributed by atoms with E-state index in [9.17, 15) is 19.2 Å². The Kier molecular flexibility index (Phi) is 5.66. The van der Waals surface area contributed by atoms with Crippen LogP contribution in [0.3, 0.4) is 0 Å². The molecule has 3 rings (SSSR count). The first-order chi connectivity index (χ1) is 13.0. The van der Waals surface area contributed by atoms with Gasteiger partial charge in [0.2, 0.25) is 0 Å². The number of carbonyl (C=O) groups excluding carboxylic acids is 4. The van der Waals surface area contributed by atoms with E-state index in [0.717, 1.165) is 10.5 Å². The molecule has 0 N–H and O–H groups in total. The summed E-state index contributed by atoms with van der Waals surface area (Å²) < 4.78 is 4.97. The highest BCUT2D eigenvalue weighted by atomic mass is 32.1. The van der Waals surface area contributed by atoms with Crippen LogP contribution < -0.4 is 0 Å². The van der Waals surface area contributed by atoms with Gasteiger partial charge in [-0.25, -0.2) is 0 Å². The molecule has 3 amide bonds. The van der Waals surface area contributed by atoms with E-state index in [-0.39, 0.29) is 25.5 Å². The number of likely N-dealkylation sites (N-methyl/N-ethyl adjacent to an activating group) is 1. The minimum atomic E-state index is -0.635. The Hall–Kier alpha value is -3.00. The molecule has 0 spiro atoms. The van der Waals surface area contributed by atoms with Gasteiger partial charge in [0.1, 0.15) is 0 Å². The second-order valence-corrected chi connectivity index (χ2v) is 6.88. The summed E-state index contributed by atoms with van der Waals surface area (Å²) in [4.78, 5) is 50.8. The lowest BCUT2D eigenvalue weighted by Crippen LogP contribution is -2.33. The van der Waals surface area contributed by atoms with Crippen LogP contribution in [0.25, 0.3) is 0 Å². The summed E-state index contributed by atoms with van der Waals surface area (Å²) in [6.07, 6.45) is -0.160. The molecule has 0 fully saturated rings. The molecule has 140 valence electrons. The molecule has 27 heavy (non-hydrogen) atoms. The Morgan fingerprint density at radius 3 is 2.37 bits per heavy atom. The van der Waals surface area contributed by atoms with Crippen molar-refractivity contribution in [3.8, 4) is 0 Å². The van der Waals surface area contributed by atoms with Gasteiger partial charge in [0.05, 0.1) is 17.5 Å². The lowest BCUT2D eigenvalue weighted by atomic mass is 10.1. The summed E-state index contributed by atoms with van der Waals surface area (Å²) in [6, 6.07) is 8.44. The lowest BCUT2D eigenvalue weighted by molar-refractivity contribution is -0.151. The van der Waals surface area contributed by atoms with E-state index in [0.29, 0.717) is 17.7 Å². The van der Waals surface area contributed by atoms with Gasteiger partial charge >= 0.3 is 5.97 Å². The normalized spacial score (nSPS) is 12.9. The number of imide groups is 1. The van der Waals surface area contributed by atoms with Crippen LogP contribution in [-0.2, 0) is 20.9 Å². The number of hydrogen-bond acceptors (Lipinski definition) is 6. The van der Waals surface area contributed by atoms with E-state index in [4.69, 9.17) is 4.74 Å². The Morgan fingerprint density at radius 1 is 1.11 bits per heavy atom. The Labute approximate surface area is 160 Å². The largest absolute Gasteiger partial charge is 0.456 e. The summed E-state index contributed by atoms with van der Waals surface area (Å²) >= 11 is 1.54.